The van der Waals surface area contributed by atoms with Gasteiger partial charge in [-0.05, 0) is 31.5 Å². The summed E-state index contributed by atoms with van der Waals surface area (Å²) in [7, 11) is 1.37. The first-order chi connectivity index (χ1) is 18.5. The van der Waals surface area contributed by atoms with Crippen molar-refractivity contribution in [3.05, 3.63) is 62.8 Å². The number of hydrogen-bond acceptors (Lipinski definition) is 11. The van der Waals surface area contributed by atoms with Gasteiger partial charge in [0, 0.05) is 23.4 Å². The molecule has 2 aromatic rings. The fourth-order valence-electron chi connectivity index (χ4n) is 3.59. The second kappa shape index (κ2) is 12.3. The number of aromatic hydroxyl groups is 2. The van der Waals surface area contributed by atoms with Gasteiger partial charge in [-0.2, -0.15) is 5.10 Å². The number of esters is 1. The number of phenols is 2. The molecular weight excluding hydrogens is 518 g/mol. The van der Waals surface area contributed by atoms with Crippen molar-refractivity contribution in [1.29, 1.82) is 0 Å². The van der Waals surface area contributed by atoms with E-state index in [4.69, 9.17) is 14.2 Å². The van der Waals surface area contributed by atoms with Gasteiger partial charge in [-0.15, -0.1) is 0 Å². The highest BCUT2D eigenvalue weighted by Gasteiger charge is 2.32. The molecule has 15 heteroatoms. The lowest BCUT2D eigenvalue weighted by atomic mass is 9.95. The minimum absolute atomic E-state index is 0.116. The first-order valence-electron chi connectivity index (χ1n) is 11.3. The van der Waals surface area contributed by atoms with Crippen LogP contribution in [0.15, 0.2) is 46.7 Å². The number of rotatable bonds is 10. The summed E-state index contributed by atoms with van der Waals surface area (Å²) in [6.07, 6.45) is 0.957. The second-order valence-electron chi connectivity index (χ2n) is 7.94. The van der Waals surface area contributed by atoms with E-state index in [2.05, 4.69) is 21.2 Å². The first-order valence-corrected chi connectivity index (χ1v) is 11.3. The molecule has 39 heavy (non-hydrogen) atoms. The van der Waals surface area contributed by atoms with Crippen LogP contribution in [0.25, 0.3) is 0 Å². The highest BCUT2D eigenvalue weighted by molar-refractivity contribution is 5.95. The number of methoxy groups -OCH3 is 1. The van der Waals surface area contributed by atoms with E-state index in [-0.39, 0.29) is 29.2 Å². The Hall–Kier alpha value is -5.34. The Morgan fingerprint density at radius 1 is 1.21 bits per heavy atom. The monoisotopic (exact) mass is 543 g/mol. The molecule has 1 atom stereocenters. The van der Waals surface area contributed by atoms with E-state index in [0.29, 0.717) is 11.3 Å². The Kier molecular flexibility index (Phi) is 8.88. The van der Waals surface area contributed by atoms with Crippen molar-refractivity contribution in [2.75, 3.05) is 20.3 Å². The summed E-state index contributed by atoms with van der Waals surface area (Å²) in [5.41, 5.74) is 2.43. The summed E-state index contributed by atoms with van der Waals surface area (Å²) >= 11 is 0. The number of phenolic OH excluding ortho intramolecular Hbond substituents is 2. The Morgan fingerprint density at radius 3 is 2.62 bits per heavy atom. The molecule has 0 aliphatic carbocycles. The number of ether oxygens (including phenoxy) is 3. The number of carbonyl (C=O) groups excluding carboxylic acids is 3. The zero-order valence-corrected chi connectivity index (χ0v) is 21.0. The van der Waals surface area contributed by atoms with Crippen LogP contribution >= 0.6 is 0 Å². The van der Waals surface area contributed by atoms with E-state index < -0.39 is 52.7 Å². The van der Waals surface area contributed by atoms with Crippen LogP contribution in [0, 0.1) is 10.1 Å². The largest absolute Gasteiger partial charge is 0.507 e. The Morgan fingerprint density at radius 2 is 1.95 bits per heavy atom. The summed E-state index contributed by atoms with van der Waals surface area (Å²) in [5.74, 6) is -2.14. The molecule has 0 saturated heterocycles. The molecular formula is C24H25N5O10. The molecule has 0 fully saturated rings. The minimum Gasteiger partial charge on any atom is -0.507 e. The van der Waals surface area contributed by atoms with Crippen molar-refractivity contribution in [2.45, 2.75) is 19.9 Å². The maximum Gasteiger partial charge on any atom is 0.338 e. The van der Waals surface area contributed by atoms with Crippen LogP contribution in [0.4, 0.5) is 10.5 Å². The molecule has 0 radical (unpaired) electrons. The normalized spacial score (nSPS) is 14.8. The molecule has 206 valence electrons. The second-order valence-corrected chi connectivity index (χ2v) is 7.94. The molecule has 3 rings (SSSR count). The lowest BCUT2D eigenvalue weighted by Crippen LogP contribution is -2.45. The molecule has 1 heterocycles. The topological polar surface area (TPSA) is 211 Å². The van der Waals surface area contributed by atoms with E-state index >= 15 is 0 Å². The summed E-state index contributed by atoms with van der Waals surface area (Å²) in [5, 5.41) is 39.1. The fourth-order valence-corrected chi connectivity index (χ4v) is 3.59. The SMILES string of the molecule is CCOC(=O)C1=C(C)NC(=O)N[C@@H]1c1ccc(OCC(=O)N/N=C\c2cc([N+](=O)[O-])c(O)cc2O)c(OC)c1. The van der Waals surface area contributed by atoms with Gasteiger partial charge >= 0.3 is 17.7 Å². The number of nitro benzene ring substituents is 1. The molecule has 3 amide bonds. The van der Waals surface area contributed by atoms with Gasteiger partial charge in [0.2, 0.25) is 0 Å². The molecule has 1 aliphatic heterocycles. The summed E-state index contributed by atoms with van der Waals surface area (Å²) in [6.45, 7) is 2.88. The maximum atomic E-state index is 12.5. The zero-order chi connectivity index (χ0) is 28.7. The fraction of sp³-hybridized carbons (Fsp3) is 0.250. The third-order valence-corrected chi connectivity index (χ3v) is 5.36. The van der Waals surface area contributed by atoms with Gasteiger partial charge in [0.1, 0.15) is 5.75 Å². The molecule has 0 aromatic heterocycles. The lowest BCUT2D eigenvalue weighted by molar-refractivity contribution is -0.385. The average molecular weight is 543 g/mol. The number of hydrazone groups is 1. The maximum absolute atomic E-state index is 12.5. The molecule has 2 aromatic carbocycles. The number of hydrogen-bond donors (Lipinski definition) is 5. The Bertz CT molecular complexity index is 1370. The molecule has 15 nitrogen and oxygen atoms in total. The van der Waals surface area contributed by atoms with E-state index in [0.717, 1.165) is 18.3 Å². The van der Waals surface area contributed by atoms with E-state index in [1.165, 1.54) is 19.2 Å². The number of allylic oxidation sites excluding steroid dienone is 1. The highest BCUT2D eigenvalue weighted by Crippen LogP contribution is 2.35. The van der Waals surface area contributed by atoms with Crippen LogP contribution in [-0.2, 0) is 14.3 Å². The smallest absolute Gasteiger partial charge is 0.338 e. The number of benzene rings is 2. The minimum atomic E-state index is -0.842. The molecule has 0 bridgehead atoms. The van der Waals surface area contributed by atoms with Gasteiger partial charge in [0.15, 0.2) is 23.9 Å². The van der Waals surface area contributed by atoms with Gasteiger partial charge in [-0.3, -0.25) is 14.9 Å². The first kappa shape index (κ1) is 28.2. The molecule has 5 N–H and O–H groups in total. The van der Waals surface area contributed by atoms with Gasteiger partial charge in [0.25, 0.3) is 5.91 Å². The van der Waals surface area contributed by atoms with Crippen LogP contribution < -0.4 is 25.5 Å². The molecule has 1 aliphatic rings. The predicted octanol–water partition coefficient (Wildman–Crippen LogP) is 1.73. The van der Waals surface area contributed by atoms with Crippen molar-refractivity contribution in [3.8, 4) is 23.0 Å². The van der Waals surface area contributed by atoms with Crippen molar-refractivity contribution in [2.24, 2.45) is 5.10 Å². The number of urea groups is 1. The van der Waals surface area contributed by atoms with Crippen LogP contribution in [0.3, 0.4) is 0 Å². The standard InChI is InChI=1S/C24H25N5O10/c1-4-38-23(33)21-12(2)26-24(34)27-22(21)13-5-6-18(19(8-13)37-3)39-11-20(32)28-25-10-14-7-15(29(35)36)17(31)9-16(14)30/h5-10,22,30-31H,4,11H2,1-3H3,(H,28,32)(H2,26,27,34)/b25-10-/t22-/m1/s1. The predicted molar refractivity (Wildman–Crippen MR) is 134 cm³/mol. The van der Waals surface area contributed by atoms with Gasteiger partial charge < -0.3 is 35.1 Å². The van der Waals surface area contributed by atoms with Gasteiger partial charge in [-0.1, -0.05) is 6.07 Å². The van der Waals surface area contributed by atoms with Crippen LogP contribution in [0.2, 0.25) is 0 Å². The van der Waals surface area contributed by atoms with Gasteiger partial charge in [0.05, 0.1) is 36.5 Å². The summed E-state index contributed by atoms with van der Waals surface area (Å²) in [4.78, 5) is 46.8. The number of carbonyl (C=O) groups is 3. The van der Waals surface area contributed by atoms with E-state index in [1.54, 1.807) is 19.9 Å². The number of nitro groups is 1. The highest BCUT2D eigenvalue weighted by atomic mass is 16.6. The number of amides is 3. The average Bonchev–Trinajstić information content (AvgIpc) is 2.88. The third kappa shape index (κ3) is 6.71. The van der Waals surface area contributed by atoms with Gasteiger partial charge in [-0.25, -0.2) is 15.0 Å². The number of nitrogens with zero attached hydrogens (tertiary/aromatic N) is 2. The Balaban J connectivity index is 1.70. The lowest BCUT2D eigenvalue weighted by Gasteiger charge is -2.28. The number of nitrogens with one attached hydrogen (secondary N) is 3. The molecule has 0 unspecified atom stereocenters. The quantitative estimate of drug-likeness (QED) is 0.127. The van der Waals surface area contributed by atoms with Crippen molar-refractivity contribution >= 4 is 29.8 Å². The van der Waals surface area contributed by atoms with Crippen molar-refractivity contribution < 1.29 is 43.7 Å². The zero-order valence-electron chi connectivity index (χ0n) is 21.0. The van der Waals surface area contributed by atoms with Crippen LogP contribution in [0.5, 0.6) is 23.0 Å². The van der Waals surface area contributed by atoms with E-state index in [9.17, 15) is 34.7 Å². The van der Waals surface area contributed by atoms with E-state index in [1.807, 2.05) is 0 Å². The summed E-state index contributed by atoms with van der Waals surface area (Å²) < 4.78 is 16.0. The van der Waals surface area contributed by atoms with Crippen molar-refractivity contribution in [3.63, 3.8) is 0 Å². The molecule has 0 spiro atoms. The summed E-state index contributed by atoms with van der Waals surface area (Å²) in [6, 6.07) is 4.94. The van der Waals surface area contributed by atoms with Crippen LogP contribution in [0.1, 0.15) is 31.0 Å². The van der Waals surface area contributed by atoms with Crippen molar-refractivity contribution in [1.82, 2.24) is 16.1 Å². The Labute approximate surface area is 221 Å². The third-order valence-electron chi connectivity index (χ3n) is 5.36. The molecule has 0 saturated carbocycles. The van der Waals surface area contributed by atoms with Crippen LogP contribution in [-0.4, -0.2) is 59.6 Å².